The van der Waals surface area contributed by atoms with Crippen LogP contribution in [0, 0.1) is 5.92 Å². The Morgan fingerprint density at radius 2 is 2.00 bits per heavy atom. The molecule has 1 amide bonds. The second-order valence-electron chi connectivity index (χ2n) is 7.24. The number of nitrogens with one attached hydrogen (secondary N) is 2. The van der Waals surface area contributed by atoms with Crippen LogP contribution < -0.4 is 10.9 Å². The zero-order chi connectivity index (χ0) is 20.2. The Hall–Kier alpha value is -2.87. The van der Waals surface area contributed by atoms with Crippen LogP contribution in [0.3, 0.4) is 0 Å². The minimum atomic E-state index is -0.441. The Morgan fingerprint density at radius 3 is 2.69 bits per heavy atom. The molecule has 1 aromatic carbocycles. The predicted molar refractivity (Wildman–Crippen MR) is 112 cm³/mol. The molecule has 2 heterocycles. The summed E-state index contributed by atoms with van der Waals surface area (Å²) in [5.74, 6) is 0.377. The molecule has 0 saturated heterocycles. The van der Waals surface area contributed by atoms with E-state index in [0.29, 0.717) is 17.9 Å². The van der Waals surface area contributed by atoms with Crippen LogP contribution in [0.1, 0.15) is 50.8 Å². The first kappa shape index (κ1) is 19.4. The van der Waals surface area contributed by atoms with Crippen LogP contribution in [-0.2, 0) is 4.79 Å². The third-order valence-corrected chi connectivity index (χ3v) is 6.16. The van der Waals surface area contributed by atoms with Crippen molar-refractivity contribution in [2.24, 2.45) is 5.92 Å². The van der Waals surface area contributed by atoms with Crippen molar-refractivity contribution in [1.29, 1.82) is 0 Å². The van der Waals surface area contributed by atoms with Crippen molar-refractivity contribution in [1.82, 2.24) is 25.5 Å². The Morgan fingerprint density at radius 1 is 1.24 bits per heavy atom. The van der Waals surface area contributed by atoms with Gasteiger partial charge >= 0.3 is 0 Å². The van der Waals surface area contributed by atoms with Crippen molar-refractivity contribution in [3.05, 3.63) is 51.8 Å². The van der Waals surface area contributed by atoms with Gasteiger partial charge in [0.25, 0.3) is 5.56 Å². The lowest BCUT2D eigenvalue weighted by atomic mass is 10.1. The summed E-state index contributed by atoms with van der Waals surface area (Å²) in [4.78, 5) is 32.4. The minimum Gasteiger partial charge on any atom is -0.347 e. The largest absolute Gasteiger partial charge is 0.347 e. The van der Waals surface area contributed by atoms with Gasteiger partial charge in [0, 0.05) is 16.9 Å². The van der Waals surface area contributed by atoms with Crippen molar-refractivity contribution < 1.29 is 4.79 Å². The minimum absolute atomic E-state index is 0.00614. The molecule has 7 nitrogen and oxygen atoms in total. The SMILES string of the molecule is CCC(NC(=O)C1CCCC1)c1nnc(-c2csc(-c3ccccc3)n2)[nH]c1=O. The van der Waals surface area contributed by atoms with E-state index in [-0.39, 0.29) is 23.1 Å². The third kappa shape index (κ3) is 4.27. The van der Waals surface area contributed by atoms with Crippen LogP contribution in [0.15, 0.2) is 40.5 Å². The van der Waals surface area contributed by atoms with Gasteiger partial charge in [-0.15, -0.1) is 21.5 Å². The number of benzene rings is 1. The van der Waals surface area contributed by atoms with Crippen molar-refractivity contribution >= 4 is 17.2 Å². The van der Waals surface area contributed by atoms with E-state index in [0.717, 1.165) is 36.3 Å². The number of nitrogens with zero attached hydrogens (tertiary/aromatic N) is 3. The first-order chi connectivity index (χ1) is 14.2. The van der Waals surface area contributed by atoms with E-state index in [1.54, 1.807) is 0 Å². The summed E-state index contributed by atoms with van der Waals surface area (Å²) in [6.07, 6.45) is 4.57. The van der Waals surface area contributed by atoms with Gasteiger partial charge in [0.1, 0.15) is 10.7 Å². The second kappa shape index (κ2) is 8.65. The monoisotopic (exact) mass is 409 g/mol. The van der Waals surface area contributed by atoms with Gasteiger partial charge < -0.3 is 10.3 Å². The maximum atomic E-state index is 12.7. The third-order valence-electron chi connectivity index (χ3n) is 5.27. The highest BCUT2D eigenvalue weighted by molar-refractivity contribution is 7.13. The zero-order valence-electron chi connectivity index (χ0n) is 16.2. The zero-order valence-corrected chi connectivity index (χ0v) is 17.0. The molecule has 1 aliphatic rings. The highest BCUT2D eigenvalue weighted by Crippen LogP contribution is 2.27. The molecule has 2 aromatic heterocycles. The highest BCUT2D eigenvalue weighted by Gasteiger charge is 2.26. The lowest BCUT2D eigenvalue weighted by Gasteiger charge is -2.18. The van der Waals surface area contributed by atoms with Gasteiger partial charge in [0.2, 0.25) is 5.91 Å². The normalized spacial score (nSPS) is 15.3. The molecule has 29 heavy (non-hydrogen) atoms. The summed E-state index contributed by atoms with van der Waals surface area (Å²) in [5, 5.41) is 14.0. The van der Waals surface area contributed by atoms with Gasteiger partial charge in [-0.1, -0.05) is 50.1 Å². The summed E-state index contributed by atoms with van der Waals surface area (Å²) in [6, 6.07) is 9.39. The average Bonchev–Trinajstić information content (AvgIpc) is 3.45. The Labute approximate surface area is 172 Å². The number of aromatic amines is 1. The number of amides is 1. The average molecular weight is 410 g/mol. The topological polar surface area (TPSA) is 101 Å². The molecule has 0 spiro atoms. The van der Waals surface area contributed by atoms with Crippen LogP contribution in [0.5, 0.6) is 0 Å². The standard InChI is InChI=1S/C21H23N5O2S/c1-2-15(22-19(27)13-8-6-7-9-13)17-20(28)24-18(26-25-17)16-12-29-21(23-16)14-10-4-3-5-11-14/h3-5,10-13,15H,2,6-9H2,1H3,(H,22,27)(H,24,26,28). The smallest absolute Gasteiger partial charge is 0.275 e. The number of thiazole rings is 1. The number of rotatable bonds is 6. The quantitative estimate of drug-likeness (QED) is 0.646. The first-order valence-electron chi connectivity index (χ1n) is 9.94. The molecule has 0 radical (unpaired) electrons. The number of carbonyl (C=O) groups is 1. The van der Waals surface area contributed by atoms with Gasteiger partial charge in [0.15, 0.2) is 11.5 Å². The Kier molecular flexibility index (Phi) is 5.80. The van der Waals surface area contributed by atoms with E-state index in [1.165, 1.54) is 11.3 Å². The molecule has 8 heteroatoms. The number of aromatic nitrogens is 4. The van der Waals surface area contributed by atoms with E-state index >= 15 is 0 Å². The molecular weight excluding hydrogens is 386 g/mol. The summed E-state index contributed by atoms with van der Waals surface area (Å²) in [7, 11) is 0. The van der Waals surface area contributed by atoms with Crippen molar-refractivity contribution in [3.8, 4) is 22.1 Å². The van der Waals surface area contributed by atoms with E-state index in [9.17, 15) is 9.59 Å². The van der Waals surface area contributed by atoms with E-state index in [1.807, 2.05) is 42.6 Å². The molecule has 150 valence electrons. The molecule has 1 fully saturated rings. The Balaban J connectivity index is 1.53. The fourth-order valence-corrected chi connectivity index (χ4v) is 4.44. The molecule has 1 unspecified atom stereocenters. The maximum Gasteiger partial charge on any atom is 0.275 e. The van der Waals surface area contributed by atoms with Crippen molar-refractivity contribution in [3.63, 3.8) is 0 Å². The number of H-pyrrole nitrogens is 1. The van der Waals surface area contributed by atoms with Gasteiger partial charge in [0.05, 0.1) is 6.04 Å². The summed E-state index contributed by atoms with van der Waals surface area (Å²) >= 11 is 1.48. The van der Waals surface area contributed by atoms with Crippen LogP contribution >= 0.6 is 11.3 Å². The number of hydrogen-bond acceptors (Lipinski definition) is 6. The van der Waals surface area contributed by atoms with Gasteiger partial charge in [-0.05, 0) is 19.3 Å². The van der Waals surface area contributed by atoms with Crippen LogP contribution in [0.4, 0.5) is 0 Å². The van der Waals surface area contributed by atoms with E-state index < -0.39 is 6.04 Å². The van der Waals surface area contributed by atoms with Crippen LogP contribution in [0.2, 0.25) is 0 Å². The molecule has 2 N–H and O–H groups in total. The van der Waals surface area contributed by atoms with Crippen LogP contribution in [-0.4, -0.2) is 26.1 Å². The molecule has 1 aliphatic carbocycles. The van der Waals surface area contributed by atoms with Gasteiger partial charge in [-0.25, -0.2) is 4.98 Å². The molecule has 4 rings (SSSR count). The molecule has 0 bridgehead atoms. The van der Waals surface area contributed by atoms with E-state index in [4.69, 9.17) is 0 Å². The Bertz CT molecular complexity index is 1040. The molecule has 1 atom stereocenters. The van der Waals surface area contributed by atoms with Gasteiger partial charge in [-0.3, -0.25) is 9.59 Å². The summed E-state index contributed by atoms with van der Waals surface area (Å²) in [5.41, 5.74) is 1.48. The maximum absolute atomic E-state index is 12.7. The number of hydrogen-bond donors (Lipinski definition) is 2. The fraction of sp³-hybridized carbons (Fsp3) is 0.381. The molecular formula is C21H23N5O2S. The number of carbonyl (C=O) groups excluding carboxylic acids is 1. The molecule has 1 saturated carbocycles. The fourth-order valence-electron chi connectivity index (χ4n) is 3.63. The molecule has 0 aliphatic heterocycles. The van der Waals surface area contributed by atoms with Crippen molar-refractivity contribution in [2.75, 3.05) is 0 Å². The van der Waals surface area contributed by atoms with E-state index in [2.05, 4.69) is 25.5 Å². The first-order valence-corrected chi connectivity index (χ1v) is 10.8. The van der Waals surface area contributed by atoms with Crippen LogP contribution in [0.25, 0.3) is 22.1 Å². The molecule has 3 aromatic rings. The van der Waals surface area contributed by atoms with Crippen molar-refractivity contribution in [2.45, 2.75) is 45.1 Å². The predicted octanol–water partition coefficient (Wildman–Crippen LogP) is 3.71. The summed E-state index contributed by atoms with van der Waals surface area (Å²) in [6.45, 7) is 1.92. The van der Waals surface area contributed by atoms with Gasteiger partial charge in [-0.2, -0.15) is 0 Å². The highest BCUT2D eigenvalue weighted by atomic mass is 32.1. The summed E-state index contributed by atoms with van der Waals surface area (Å²) < 4.78 is 0. The lowest BCUT2D eigenvalue weighted by Crippen LogP contribution is -2.36. The second-order valence-corrected chi connectivity index (χ2v) is 8.10. The lowest BCUT2D eigenvalue weighted by molar-refractivity contribution is -0.125.